The number of methoxy groups -OCH3 is 1. The van der Waals surface area contributed by atoms with Crippen LogP contribution in [0.1, 0.15) is 63.6 Å². The Hall–Kier alpha value is -3.32. The Kier molecular flexibility index (Phi) is 9.94. The van der Waals surface area contributed by atoms with Gasteiger partial charge in [0.05, 0.1) is 31.4 Å². The third kappa shape index (κ3) is 6.66. The number of aliphatic hydroxyl groups excluding tert-OH is 1. The van der Waals surface area contributed by atoms with Crippen molar-refractivity contribution in [1.82, 2.24) is 4.90 Å². The first kappa shape index (κ1) is 27.3. The van der Waals surface area contributed by atoms with Crippen LogP contribution in [0.4, 0.5) is 0 Å². The largest absolute Gasteiger partial charge is 0.507 e. The summed E-state index contributed by atoms with van der Waals surface area (Å²) < 4.78 is 16.6. The minimum atomic E-state index is -0.708. The Morgan fingerprint density at radius 3 is 2.22 bits per heavy atom. The van der Waals surface area contributed by atoms with Gasteiger partial charge in [-0.2, -0.15) is 0 Å². The van der Waals surface area contributed by atoms with Crippen LogP contribution >= 0.6 is 0 Å². The molecule has 194 valence electrons. The molecule has 0 aromatic heterocycles. The monoisotopic (exact) mass is 495 g/mol. The molecule has 7 heteroatoms. The van der Waals surface area contributed by atoms with Crippen molar-refractivity contribution >= 4 is 17.4 Å². The molecular weight excluding hydrogens is 458 g/mol. The van der Waals surface area contributed by atoms with Crippen molar-refractivity contribution < 1.29 is 28.9 Å². The lowest BCUT2D eigenvalue weighted by Gasteiger charge is -2.25. The molecule has 0 bridgehead atoms. The van der Waals surface area contributed by atoms with Gasteiger partial charge in [-0.1, -0.05) is 31.9 Å². The standard InChI is InChI=1S/C29H37NO6/c1-5-6-7-18-36-24-15-11-22(12-16-24)27(31)25-26(21-9-13-23(34-4)14-10-21)30(29(33)28(25)32)17-8-19-35-20(2)3/h9-16,20,26,31H,5-8,17-19H2,1-4H3/b27-25-. The molecule has 0 aliphatic carbocycles. The average Bonchev–Trinajstić information content (AvgIpc) is 3.14. The van der Waals surface area contributed by atoms with Gasteiger partial charge in [0, 0.05) is 18.7 Å². The fourth-order valence-corrected chi connectivity index (χ4v) is 4.20. The lowest BCUT2D eigenvalue weighted by atomic mass is 9.95. The minimum Gasteiger partial charge on any atom is -0.507 e. The van der Waals surface area contributed by atoms with Crippen LogP contribution in [0.2, 0.25) is 0 Å². The highest BCUT2D eigenvalue weighted by atomic mass is 16.5. The molecule has 1 aliphatic heterocycles. The van der Waals surface area contributed by atoms with E-state index in [0.717, 1.165) is 24.8 Å². The van der Waals surface area contributed by atoms with Gasteiger partial charge in [0.2, 0.25) is 0 Å². The first-order chi connectivity index (χ1) is 17.4. The summed E-state index contributed by atoms with van der Waals surface area (Å²) in [5.74, 6) is -0.168. The molecular formula is C29H37NO6. The zero-order chi connectivity index (χ0) is 26.1. The molecule has 0 radical (unpaired) electrons. The maximum Gasteiger partial charge on any atom is 0.295 e. The molecule has 2 aromatic rings. The van der Waals surface area contributed by atoms with E-state index in [1.54, 1.807) is 43.5 Å². The summed E-state index contributed by atoms with van der Waals surface area (Å²) >= 11 is 0. The van der Waals surface area contributed by atoms with Gasteiger partial charge in [-0.25, -0.2) is 0 Å². The predicted octanol–water partition coefficient (Wildman–Crippen LogP) is 5.50. The molecule has 1 fully saturated rings. The summed E-state index contributed by atoms with van der Waals surface area (Å²) in [7, 11) is 1.58. The lowest BCUT2D eigenvalue weighted by Crippen LogP contribution is -2.31. The van der Waals surface area contributed by atoms with Crippen LogP contribution < -0.4 is 9.47 Å². The smallest absolute Gasteiger partial charge is 0.295 e. The van der Waals surface area contributed by atoms with E-state index in [0.29, 0.717) is 43.2 Å². The van der Waals surface area contributed by atoms with Crippen LogP contribution in [0.25, 0.3) is 5.76 Å². The molecule has 3 rings (SSSR count). The summed E-state index contributed by atoms with van der Waals surface area (Å²) in [5.41, 5.74) is 1.25. The molecule has 1 amide bonds. The van der Waals surface area contributed by atoms with Crippen molar-refractivity contribution in [3.63, 3.8) is 0 Å². The minimum absolute atomic E-state index is 0.0755. The number of hydrogen-bond donors (Lipinski definition) is 1. The first-order valence-electron chi connectivity index (χ1n) is 12.6. The molecule has 1 unspecified atom stereocenters. The summed E-state index contributed by atoms with van der Waals surface area (Å²) in [6.45, 7) is 7.46. The molecule has 0 saturated carbocycles. The van der Waals surface area contributed by atoms with Crippen molar-refractivity contribution in [3.8, 4) is 11.5 Å². The zero-order valence-electron chi connectivity index (χ0n) is 21.7. The number of amides is 1. The number of hydrogen-bond acceptors (Lipinski definition) is 6. The molecule has 36 heavy (non-hydrogen) atoms. The second kappa shape index (κ2) is 13.1. The molecule has 1 heterocycles. The summed E-state index contributed by atoms with van der Waals surface area (Å²) in [4.78, 5) is 27.7. The number of carbonyl (C=O) groups is 2. The number of unbranched alkanes of at least 4 members (excludes halogenated alkanes) is 2. The van der Waals surface area contributed by atoms with E-state index in [1.165, 1.54) is 4.90 Å². The van der Waals surface area contributed by atoms with E-state index in [4.69, 9.17) is 14.2 Å². The molecule has 1 N–H and O–H groups in total. The number of ketones is 1. The Morgan fingerprint density at radius 1 is 0.944 bits per heavy atom. The number of nitrogens with zero attached hydrogens (tertiary/aromatic N) is 1. The lowest BCUT2D eigenvalue weighted by molar-refractivity contribution is -0.140. The van der Waals surface area contributed by atoms with Gasteiger partial charge in [-0.05, 0) is 68.7 Å². The maximum absolute atomic E-state index is 13.2. The SMILES string of the molecule is CCCCCOc1ccc(/C(O)=C2/C(=O)C(=O)N(CCCOC(C)C)C2c2ccc(OC)cc2)cc1. The Labute approximate surface area is 213 Å². The number of aliphatic hydroxyl groups is 1. The second-order valence-corrected chi connectivity index (χ2v) is 9.12. The Balaban J connectivity index is 1.91. The highest BCUT2D eigenvalue weighted by molar-refractivity contribution is 6.46. The highest BCUT2D eigenvalue weighted by Gasteiger charge is 2.45. The summed E-state index contributed by atoms with van der Waals surface area (Å²) in [6, 6.07) is 13.4. The molecule has 1 saturated heterocycles. The van der Waals surface area contributed by atoms with E-state index >= 15 is 0 Å². The van der Waals surface area contributed by atoms with E-state index in [-0.39, 0.29) is 17.4 Å². The maximum atomic E-state index is 13.2. The van der Waals surface area contributed by atoms with Gasteiger partial charge in [0.25, 0.3) is 11.7 Å². The molecule has 1 atom stereocenters. The number of likely N-dealkylation sites (tertiary alicyclic amines) is 1. The quantitative estimate of drug-likeness (QED) is 0.171. The Morgan fingerprint density at radius 2 is 1.61 bits per heavy atom. The summed E-state index contributed by atoms with van der Waals surface area (Å²) in [6.07, 6.45) is 3.85. The highest BCUT2D eigenvalue weighted by Crippen LogP contribution is 2.40. The van der Waals surface area contributed by atoms with Gasteiger partial charge in [-0.15, -0.1) is 0 Å². The molecule has 2 aromatic carbocycles. The number of carbonyl (C=O) groups excluding carboxylic acids is 2. The number of rotatable bonds is 13. The average molecular weight is 496 g/mol. The van der Waals surface area contributed by atoms with Gasteiger partial charge in [0.1, 0.15) is 17.3 Å². The molecule has 0 spiro atoms. The topological polar surface area (TPSA) is 85.3 Å². The van der Waals surface area contributed by atoms with Crippen LogP contribution in [0, 0.1) is 0 Å². The van der Waals surface area contributed by atoms with E-state index in [2.05, 4.69) is 6.92 Å². The normalized spacial score (nSPS) is 17.1. The van der Waals surface area contributed by atoms with Crippen molar-refractivity contribution in [1.29, 1.82) is 0 Å². The van der Waals surface area contributed by atoms with E-state index < -0.39 is 17.7 Å². The Bertz CT molecular complexity index is 1040. The fourth-order valence-electron chi connectivity index (χ4n) is 4.20. The van der Waals surface area contributed by atoms with Crippen molar-refractivity contribution in [2.75, 3.05) is 26.9 Å². The molecule has 7 nitrogen and oxygen atoms in total. The van der Waals surface area contributed by atoms with Gasteiger partial charge in [-0.3, -0.25) is 9.59 Å². The van der Waals surface area contributed by atoms with E-state index in [9.17, 15) is 14.7 Å². The number of Topliss-reactive ketones (excluding diaryl/α,β-unsaturated/α-hetero) is 1. The predicted molar refractivity (Wildman–Crippen MR) is 139 cm³/mol. The van der Waals surface area contributed by atoms with Crippen LogP contribution in [-0.2, 0) is 14.3 Å². The molecule has 1 aliphatic rings. The van der Waals surface area contributed by atoms with Crippen LogP contribution in [0.5, 0.6) is 11.5 Å². The first-order valence-corrected chi connectivity index (χ1v) is 12.6. The zero-order valence-corrected chi connectivity index (χ0v) is 21.7. The van der Waals surface area contributed by atoms with Crippen molar-refractivity contribution in [3.05, 3.63) is 65.2 Å². The number of benzene rings is 2. The van der Waals surface area contributed by atoms with E-state index in [1.807, 2.05) is 26.0 Å². The van der Waals surface area contributed by atoms with Crippen LogP contribution in [0.15, 0.2) is 54.1 Å². The third-order valence-electron chi connectivity index (χ3n) is 6.11. The number of ether oxygens (including phenoxy) is 3. The van der Waals surface area contributed by atoms with Gasteiger partial charge < -0.3 is 24.2 Å². The fraction of sp³-hybridized carbons (Fsp3) is 0.448. The van der Waals surface area contributed by atoms with Gasteiger partial charge >= 0.3 is 0 Å². The van der Waals surface area contributed by atoms with Crippen molar-refractivity contribution in [2.24, 2.45) is 0 Å². The van der Waals surface area contributed by atoms with Crippen LogP contribution in [0.3, 0.4) is 0 Å². The second-order valence-electron chi connectivity index (χ2n) is 9.12. The van der Waals surface area contributed by atoms with Gasteiger partial charge in [0.15, 0.2) is 0 Å². The third-order valence-corrected chi connectivity index (χ3v) is 6.11. The van der Waals surface area contributed by atoms with Crippen LogP contribution in [-0.4, -0.2) is 54.7 Å². The van der Waals surface area contributed by atoms with Crippen molar-refractivity contribution in [2.45, 2.75) is 58.6 Å². The summed E-state index contributed by atoms with van der Waals surface area (Å²) in [5, 5.41) is 11.2.